The van der Waals surface area contributed by atoms with Gasteiger partial charge in [-0.25, -0.2) is 0 Å². The van der Waals surface area contributed by atoms with Gasteiger partial charge in [0.25, 0.3) is 0 Å². The fourth-order valence-electron chi connectivity index (χ4n) is 1.36. The summed E-state index contributed by atoms with van der Waals surface area (Å²) in [4.78, 5) is 10.8. The van der Waals surface area contributed by atoms with E-state index in [1.54, 1.807) is 12.1 Å². The second-order valence-corrected chi connectivity index (χ2v) is 4.87. The van der Waals surface area contributed by atoms with Crippen LogP contribution in [-0.4, -0.2) is 21.6 Å². The van der Waals surface area contributed by atoms with Gasteiger partial charge in [-0.3, -0.25) is 9.89 Å². The van der Waals surface area contributed by atoms with Gasteiger partial charge in [0.1, 0.15) is 5.75 Å². The van der Waals surface area contributed by atoms with Crippen molar-refractivity contribution in [2.75, 3.05) is 0 Å². The fraction of sp³-hybridized carbons (Fsp3) is 0. The number of aromatic nitrogens is 2. The molecule has 0 saturated carbocycles. The zero-order valence-electron chi connectivity index (χ0n) is 7.87. The maximum Gasteiger partial charge on any atom is 0.153 e. The largest absolute Gasteiger partial charge is 0.506 e. The fourth-order valence-corrected chi connectivity index (χ4v) is 2.58. The number of hydrogen-bond donors (Lipinski definition) is 2. The lowest BCUT2D eigenvalue weighted by Gasteiger charge is -2.06. The summed E-state index contributed by atoms with van der Waals surface area (Å²) in [6.07, 6.45) is 2.10. The molecule has 0 bridgehead atoms. The first-order valence-corrected chi connectivity index (χ1v) is 5.89. The van der Waals surface area contributed by atoms with E-state index in [2.05, 4.69) is 42.1 Å². The second kappa shape index (κ2) is 4.39. The molecule has 0 unspecified atom stereocenters. The molecular formula is C10H6Br2N2O2. The highest BCUT2D eigenvalue weighted by Gasteiger charge is 2.14. The SMILES string of the molecule is O=Cc1cn[nH]c1-c1cc(Br)cc(Br)c1O. The third kappa shape index (κ3) is 1.90. The van der Waals surface area contributed by atoms with E-state index in [4.69, 9.17) is 0 Å². The average molecular weight is 346 g/mol. The van der Waals surface area contributed by atoms with Crippen LogP contribution in [0.2, 0.25) is 0 Å². The third-order valence-corrected chi connectivity index (χ3v) is 3.16. The van der Waals surface area contributed by atoms with Gasteiger partial charge in [-0.15, -0.1) is 0 Å². The number of hydrogen-bond acceptors (Lipinski definition) is 3. The molecule has 2 aromatic rings. The topological polar surface area (TPSA) is 66.0 Å². The van der Waals surface area contributed by atoms with Gasteiger partial charge in [-0.2, -0.15) is 5.10 Å². The standard InChI is InChI=1S/C10H6Br2N2O2/c11-6-1-7(10(16)8(12)2-6)9-5(4-15)3-13-14-9/h1-4,16H,(H,13,14). The number of phenols is 1. The summed E-state index contributed by atoms with van der Waals surface area (Å²) in [5.74, 6) is 0.0653. The van der Waals surface area contributed by atoms with E-state index < -0.39 is 0 Å². The molecule has 0 saturated heterocycles. The van der Waals surface area contributed by atoms with Gasteiger partial charge in [0.2, 0.25) is 0 Å². The quantitative estimate of drug-likeness (QED) is 0.822. The highest BCUT2D eigenvalue weighted by atomic mass is 79.9. The van der Waals surface area contributed by atoms with E-state index in [0.29, 0.717) is 27.6 Å². The monoisotopic (exact) mass is 344 g/mol. The smallest absolute Gasteiger partial charge is 0.153 e. The molecular weight excluding hydrogens is 340 g/mol. The summed E-state index contributed by atoms with van der Waals surface area (Å²) >= 11 is 6.54. The molecule has 0 amide bonds. The van der Waals surface area contributed by atoms with Crippen molar-refractivity contribution in [1.82, 2.24) is 10.2 Å². The van der Waals surface area contributed by atoms with E-state index in [1.165, 1.54) is 6.20 Å². The Kier molecular flexibility index (Phi) is 3.11. The van der Waals surface area contributed by atoms with Crippen molar-refractivity contribution >= 4 is 38.1 Å². The average Bonchev–Trinajstić information content (AvgIpc) is 2.71. The summed E-state index contributed by atoms with van der Waals surface area (Å²) in [6, 6.07) is 3.43. The molecule has 0 aliphatic carbocycles. The molecule has 82 valence electrons. The number of nitrogens with zero attached hydrogens (tertiary/aromatic N) is 1. The lowest BCUT2D eigenvalue weighted by molar-refractivity contribution is 0.112. The Bertz CT molecular complexity index is 552. The maximum atomic E-state index is 10.8. The van der Waals surface area contributed by atoms with Crippen molar-refractivity contribution in [1.29, 1.82) is 0 Å². The number of halogens is 2. The number of aromatic hydroxyl groups is 1. The van der Waals surface area contributed by atoms with Crippen molar-refractivity contribution in [3.63, 3.8) is 0 Å². The van der Waals surface area contributed by atoms with Gasteiger partial charge >= 0.3 is 0 Å². The number of aldehydes is 1. The van der Waals surface area contributed by atoms with Gasteiger partial charge in [-0.1, -0.05) is 15.9 Å². The lowest BCUT2D eigenvalue weighted by Crippen LogP contribution is -1.86. The molecule has 0 atom stereocenters. The Labute approximate surface area is 108 Å². The number of rotatable bonds is 2. The summed E-state index contributed by atoms with van der Waals surface area (Å²) in [5, 5.41) is 16.3. The van der Waals surface area contributed by atoms with E-state index >= 15 is 0 Å². The van der Waals surface area contributed by atoms with Crippen LogP contribution in [0.1, 0.15) is 10.4 Å². The van der Waals surface area contributed by atoms with Crippen molar-refractivity contribution in [3.05, 3.63) is 32.8 Å². The van der Waals surface area contributed by atoms with Crippen molar-refractivity contribution < 1.29 is 9.90 Å². The molecule has 2 N–H and O–H groups in total. The molecule has 2 rings (SSSR count). The first-order valence-electron chi connectivity index (χ1n) is 4.30. The van der Waals surface area contributed by atoms with Crippen LogP contribution in [-0.2, 0) is 0 Å². The van der Waals surface area contributed by atoms with E-state index in [0.717, 1.165) is 4.47 Å². The molecule has 1 aromatic heterocycles. The minimum absolute atomic E-state index is 0.0653. The van der Waals surface area contributed by atoms with Gasteiger partial charge in [0.15, 0.2) is 6.29 Å². The number of phenolic OH excluding ortho intramolecular Hbond substituents is 1. The first kappa shape index (κ1) is 11.3. The Balaban J connectivity index is 2.68. The van der Waals surface area contributed by atoms with E-state index in [9.17, 15) is 9.90 Å². The van der Waals surface area contributed by atoms with Crippen LogP contribution in [0, 0.1) is 0 Å². The number of carbonyl (C=O) groups is 1. The number of carbonyl (C=O) groups excluding carboxylic acids is 1. The number of nitrogens with one attached hydrogen (secondary N) is 1. The third-order valence-electron chi connectivity index (χ3n) is 2.09. The van der Waals surface area contributed by atoms with Gasteiger partial charge in [-0.05, 0) is 28.1 Å². The molecule has 1 heterocycles. The van der Waals surface area contributed by atoms with Crippen LogP contribution in [0.25, 0.3) is 11.3 Å². The molecule has 4 nitrogen and oxygen atoms in total. The van der Waals surface area contributed by atoms with Gasteiger partial charge in [0, 0.05) is 10.0 Å². The maximum absolute atomic E-state index is 10.8. The first-order chi connectivity index (χ1) is 7.63. The number of benzene rings is 1. The summed E-state index contributed by atoms with van der Waals surface area (Å²) in [5.41, 5.74) is 1.41. The molecule has 1 aromatic carbocycles. The molecule has 0 aliphatic heterocycles. The summed E-state index contributed by atoms with van der Waals surface area (Å²) < 4.78 is 1.34. The van der Waals surface area contributed by atoms with Crippen molar-refractivity contribution in [3.8, 4) is 17.0 Å². The Morgan fingerprint density at radius 2 is 2.12 bits per heavy atom. The predicted octanol–water partition coefficient (Wildman–Crippen LogP) is 3.12. The van der Waals surface area contributed by atoms with Crippen LogP contribution in [0.15, 0.2) is 27.3 Å². The normalized spacial score (nSPS) is 10.4. The number of aromatic amines is 1. The van der Waals surface area contributed by atoms with Gasteiger partial charge < -0.3 is 5.11 Å². The van der Waals surface area contributed by atoms with Crippen LogP contribution >= 0.6 is 31.9 Å². The van der Waals surface area contributed by atoms with Crippen LogP contribution in [0.5, 0.6) is 5.75 Å². The molecule has 6 heteroatoms. The molecule has 0 radical (unpaired) electrons. The van der Waals surface area contributed by atoms with Crippen molar-refractivity contribution in [2.45, 2.75) is 0 Å². The van der Waals surface area contributed by atoms with Crippen LogP contribution in [0.4, 0.5) is 0 Å². The highest BCUT2D eigenvalue weighted by molar-refractivity contribution is 9.11. The zero-order chi connectivity index (χ0) is 11.7. The molecule has 16 heavy (non-hydrogen) atoms. The Hall–Kier alpha value is -1.14. The predicted molar refractivity (Wildman–Crippen MR) is 66.5 cm³/mol. The van der Waals surface area contributed by atoms with Crippen LogP contribution in [0.3, 0.4) is 0 Å². The Morgan fingerprint density at radius 1 is 1.38 bits per heavy atom. The number of H-pyrrole nitrogens is 1. The highest BCUT2D eigenvalue weighted by Crippen LogP contribution is 2.38. The lowest BCUT2D eigenvalue weighted by atomic mass is 10.1. The zero-order valence-corrected chi connectivity index (χ0v) is 11.0. The van der Waals surface area contributed by atoms with Gasteiger partial charge in [0.05, 0.1) is 21.9 Å². The summed E-state index contributed by atoms with van der Waals surface area (Å²) in [6.45, 7) is 0. The van der Waals surface area contributed by atoms with Crippen LogP contribution < -0.4 is 0 Å². The molecule has 0 spiro atoms. The minimum Gasteiger partial charge on any atom is -0.506 e. The Morgan fingerprint density at radius 3 is 2.81 bits per heavy atom. The summed E-state index contributed by atoms with van der Waals surface area (Å²) in [7, 11) is 0. The molecule has 0 fully saturated rings. The second-order valence-electron chi connectivity index (χ2n) is 3.10. The molecule has 0 aliphatic rings. The van der Waals surface area contributed by atoms with E-state index in [1.807, 2.05) is 0 Å². The minimum atomic E-state index is 0.0653. The van der Waals surface area contributed by atoms with Crippen molar-refractivity contribution in [2.24, 2.45) is 0 Å². The van der Waals surface area contributed by atoms with E-state index in [-0.39, 0.29) is 5.75 Å².